The number of aryl methyl sites for hydroxylation is 1. The Hall–Kier alpha value is -0.960. The van der Waals surface area contributed by atoms with Gasteiger partial charge in [0.2, 0.25) is 5.88 Å². The summed E-state index contributed by atoms with van der Waals surface area (Å²) < 4.78 is 5.73. The van der Waals surface area contributed by atoms with Crippen LogP contribution in [0.25, 0.3) is 0 Å². The minimum Gasteiger partial charge on any atom is -0.437 e. The molecule has 1 aromatic heterocycles. The van der Waals surface area contributed by atoms with Crippen molar-refractivity contribution in [3.8, 4) is 11.6 Å². The molecule has 0 aliphatic heterocycles. The molecule has 0 bridgehead atoms. The third-order valence-electron chi connectivity index (χ3n) is 2.68. The predicted molar refractivity (Wildman–Crippen MR) is 84.3 cm³/mol. The summed E-state index contributed by atoms with van der Waals surface area (Å²) in [5, 5.41) is 1.05. The molecule has 5 heteroatoms. The lowest BCUT2D eigenvalue weighted by atomic mass is 10.2. The summed E-state index contributed by atoms with van der Waals surface area (Å²) in [4.78, 5) is 4.45. The molecule has 0 N–H and O–H groups in total. The molecule has 0 aliphatic carbocycles. The van der Waals surface area contributed by atoms with Gasteiger partial charge in [-0.25, -0.2) is 4.98 Å². The smallest absolute Gasteiger partial charge is 0.219 e. The van der Waals surface area contributed by atoms with Crippen LogP contribution >= 0.6 is 34.8 Å². The van der Waals surface area contributed by atoms with Crippen molar-refractivity contribution in [3.63, 3.8) is 0 Å². The summed E-state index contributed by atoms with van der Waals surface area (Å²) in [5.41, 5.74) is 1.93. The minimum atomic E-state index is 0.416. The molecule has 106 valence electrons. The zero-order valence-electron chi connectivity index (χ0n) is 11.0. The van der Waals surface area contributed by atoms with Crippen LogP contribution in [-0.4, -0.2) is 4.98 Å². The van der Waals surface area contributed by atoms with E-state index in [2.05, 4.69) is 11.9 Å². The van der Waals surface area contributed by atoms with Gasteiger partial charge in [0.25, 0.3) is 0 Å². The van der Waals surface area contributed by atoms with Crippen LogP contribution in [-0.2, 0) is 12.3 Å². The van der Waals surface area contributed by atoms with Crippen molar-refractivity contribution >= 4 is 34.8 Å². The Labute approximate surface area is 133 Å². The number of alkyl halides is 1. The number of hydrogen-bond donors (Lipinski definition) is 0. The molecule has 0 amide bonds. The average Bonchev–Trinajstić information content (AvgIpc) is 2.43. The topological polar surface area (TPSA) is 22.1 Å². The van der Waals surface area contributed by atoms with Crippen molar-refractivity contribution in [2.45, 2.75) is 25.6 Å². The van der Waals surface area contributed by atoms with Gasteiger partial charge < -0.3 is 4.74 Å². The van der Waals surface area contributed by atoms with Gasteiger partial charge in [-0.15, -0.1) is 11.6 Å². The highest BCUT2D eigenvalue weighted by atomic mass is 35.5. The number of rotatable bonds is 5. The molecule has 0 fully saturated rings. The number of pyridine rings is 1. The van der Waals surface area contributed by atoms with E-state index in [0.29, 0.717) is 27.6 Å². The SMILES string of the molecule is CCCc1cc(CCl)cc(Oc2cc(Cl)ccc2Cl)n1. The predicted octanol–water partition coefficient (Wildman–Crippen LogP) is 5.87. The number of aromatic nitrogens is 1. The molecule has 0 aliphatic rings. The molecule has 1 heterocycles. The first-order chi connectivity index (χ1) is 9.62. The number of hydrogen-bond acceptors (Lipinski definition) is 2. The second kappa shape index (κ2) is 7.16. The Morgan fingerprint density at radius 1 is 1.15 bits per heavy atom. The van der Waals surface area contributed by atoms with Gasteiger partial charge in [-0.2, -0.15) is 0 Å². The van der Waals surface area contributed by atoms with E-state index in [4.69, 9.17) is 39.5 Å². The van der Waals surface area contributed by atoms with Gasteiger partial charge in [0.15, 0.2) is 0 Å². The first kappa shape index (κ1) is 15.4. The Morgan fingerprint density at radius 2 is 1.95 bits per heavy atom. The van der Waals surface area contributed by atoms with Crippen LogP contribution in [0, 0.1) is 0 Å². The van der Waals surface area contributed by atoms with E-state index in [9.17, 15) is 0 Å². The normalized spacial score (nSPS) is 10.6. The van der Waals surface area contributed by atoms with Gasteiger partial charge in [0.1, 0.15) is 5.75 Å². The number of benzene rings is 1. The van der Waals surface area contributed by atoms with Crippen LogP contribution in [0.4, 0.5) is 0 Å². The van der Waals surface area contributed by atoms with Crippen LogP contribution in [0.3, 0.4) is 0 Å². The molecule has 0 unspecified atom stereocenters. The van der Waals surface area contributed by atoms with Crippen LogP contribution < -0.4 is 4.74 Å². The number of ether oxygens (including phenoxy) is 1. The van der Waals surface area contributed by atoms with Crippen LogP contribution in [0.2, 0.25) is 10.0 Å². The van der Waals surface area contributed by atoms with Crippen LogP contribution in [0.5, 0.6) is 11.6 Å². The monoisotopic (exact) mass is 329 g/mol. The fourth-order valence-electron chi connectivity index (χ4n) is 1.80. The molecule has 1 aromatic carbocycles. The Balaban J connectivity index is 2.32. The highest BCUT2D eigenvalue weighted by Gasteiger charge is 2.08. The first-order valence-electron chi connectivity index (χ1n) is 6.31. The summed E-state index contributed by atoms with van der Waals surface area (Å²) in [6, 6.07) is 8.87. The summed E-state index contributed by atoms with van der Waals surface area (Å²) in [5.74, 6) is 1.38. The minimum absolute atomic E-state index is 0.416. The van der Waals surface area contributed by atoms with E-state index in [-0.39, 0.29) is 0 Å². The molecule has 20 heavy (non-hydrogen) atoms. The fraction of sp³-hybridized carbons (Fsp3) is 0.267. The Kier molecular flexibility index (Phi) is 5.53. The lowest BCUT2D eigenvalue weighted by Crippen LogP contribution is -1.96. The van der Waals surface area contributed by atoms with Gasteiger partial charge in [-0.05, 0) is 30.2 Å². The number of halogens is 3. The van der Waals surface area contributed by atoms with Crippen molar-refractivity contribution in [2.75, 3.05) is 0 Å². The van der Waals surface area contributed by atoms with E-state index >= 15 is 0 Å². The lowest BCUT2D eigenvalue weighted by molar-refractivity contribution is 0.460. The standard InChI is InChI=1S/C15H14Cl3NO/c1-2-3-12-6-10(9-16)7-15(19-12)20-14-8-11(17)4-5-13(14)18/h4-8H,2-3,9H2,1H3. The van der Waals surface area contributed by atoms with Gasteiger partial charge >= 0.3 is 0 Å². The fourth-order valence-corrected chi connectivity index (χ4v) is 2.27. The van der Waals surface area contributed by atoms with Crippen molar-refractivity contribution < 1.29 is 4.74 Å². The van der Waals surface area contributed by atoms with Crippen molar-refractivity contribution in [1.82, 2.24) is 4.98 Å². The highest BCUT2D eigenvalue weighted by Crippen LogP contribution is 2.31. The molecular formula is C15H14Cl3NO. The zero-order valence-corrected chi connectivity index (χ0v) is 13.3. The molecule has 2 rings (SSSR count). The van der Waals surface area contributed by atoms with Crippen molar-refractivity contribution in [3.05, 3.63) is 51.6 Å². The van der Waals surface area contributed by atoms with Crippen molar-refractivity contribution in [2.24, 2.45) is 0 Å². The van der Waals surface area contributed by atoms with Crippen molar-refractivity contribution in [1.29, 1.82) is 0 Å². The van der Waals surface area contributed by atoms with E-state index in [1.807, 2.05) is 12.1 Å². The van der Waals surface area contributed by atoms with Crippen LogP contribution in [0.1, 0.15) is 24.6 Å². The molecule has 0 saturated carbocycles. The summed E-state index contributed by atoms with van der Waals surface area (Å²) in [6.07, 6.45) is 1.89. The molecule has 0 radical (unpaired) electrons. The summed E-state index contributed by atoms with van der Waals surface area (Å²) in [7, 11) is 0. The first-order valence-corrected chi connectivity index (χ1v) is 7.60. The maximum absolute atomic E-state index is 6.08. The van der Waals surface area contributed by atoms with Gasteiger partial charge in [-0.3, -0.25) is 0 Å². The van der Waals surface area contributed by atoms with E-state index < -0.39 is 0 Å². The molecule has 0 saturated heterocycles. The number of nitrogens with zero attached hydrogens (tertiary/aromatic N) is 1. The second-order valence-corrected chi connectivity index (χ2v) is 5.48. The summed E-state index contributed by atoms with van der Waals surface area (Å²) in [6.45, 7) is 2.10. The lowest BCUT2D eigenvalue weighted by Gasteiger charge is -2.10. The Bertz CT molecular complexity index is 602. The van der Waals surface area contributed by atoms with Gasteiger partial charge in [0, 0.05) is 28.7 Å². The zero-order chi connectivity index (χ0) is 14.5. The maximum Gasteiger partial charge on any atom is 0.219 e. The Morgan fingerprint density at radius 3 is 2.65 bits per heavy atom. The average molecular weight is 331 g/mol. The maximum atomic E-state index is 6.08. The molecule has 0 spiro atoms. The third kappa shape index (κ3) is 4.02. The van der Waals surface area contributed by atoms with E-state index in [0.717, 1.165) is 24.1 Å². The van der Waals surface area contributed by atoms with Gasteiger partial charge in [0.05, 0.1) is 5.02 Å². The second-order valence-electron chi connectivity index (χ2n) is 4.37. The quantitative estimate of drug-likeness (QED) is 0.639. The third-order valence-corrected chi connectivity index (χ3v) is 3.54. The summed E-state index contributed by atoms with van der Waals surface area (Å²) >= 11 is 17.9. The van der Waals surface area contributed by atoms with Crippen LogP contribution in [0.15, 0.2) is 30.3 Å². The molecular weight excluding hydrogens is 317 g/mol. The highest BCUT2D eigenvalue weighted by molar-refractivity contribution is 6.34. The molecule has 2 aromatic rings. The van der Waals surface area contributed by atoms with Gasteiger partial charge in [-0.1, -0.05) is 36.5 Å². The molecule has 0 atom stereocenters. The van der Waals surface area contributed by atoms with E-state index in [1.54, 1.807) is 18.2 Å². The largest absolute Gasteiger partial charge is 0.437 e. The molecule has 2 nitrogen and oxygen atoms in total. The van der Waals surface area contributed by atoms with E-state index in [1.165, 1.54) is 0 Å².